The van der Waals surface area contributed by atoms with Crippen molar-refractivity contribution in [2.24, 2.45) is 0 Å². The lowest BCUT2D eigenvalue weighted by Gasteiger charge is -2.17. The fraction of sp³-hybridized carbons (Fsp3) is 0.273. The van der Waals surface area contributed by atoms with Gasteiger partial charge in [-0.15, -0.1) is 0 Å². The van der Waals surface area contributed by atoms with E-state index in [1.165, 1.54) is 19.2 Å². The van der Waals surface area contributed by atoms with Gasteiger partial charge in [-0.2, -0.15) is 18.0 Å². The summed E-state index contributed by atoms with van der Waals surface area (Å²) in [4.78, 5) is 10.4. The van der Waals surface area contributed by atoms with Crippen LogP contribution in [0.25, 0.3) is 0 Å². The molecule has 7 nitrogen and oxygen atoms in total. The number of anilines is 1. The fourth-order valence-electron chi connectivity index (χ4n) is 1.26. The summed E-state index contributed by atoms with van der Waals surface area (Å²) in [5.74, 6) is -1.08. The zero-order valence-electron chi connectivity index (χ0n) is 10.2. The van der Waals surface area contributed by atoms with Crippen molar-refractivity contribution in [2.75, 3.05) is 18.3 Å². The normalized spacial score (nSPS) is 11.0. The van der Waals surface area contributed by atoms with Gasteiger partial charge < -0.3 is 5.11 Å². The first kappa shape index (κ1) is 14.9. The fourth-order valence-corrected chi connectivity index (χ4v) is 2.20. The molecular weight excluding hydrogens is 270 g/mol. The molecule has 0 heterocycles. The summed E-state index contributed by atoms with van der Waals surface area (Å²) >= 11 is 0. The van der Waals surface area contributed by atoms with Crippen LogP contribution in [-0.4, -0.2) is 37.4 Å². The Morgan fingerprint density at radius 1 is 1.47 bits per heavy atom. The van der Waals surface area contributed by atoms with Crippen molar-refractivity contribution in [3.63, 3.8) is 0 Å². The van der Waals surface area contributed by atoms with Crippen LogP contribution in [0.2, 0.25) is 0 Å². The second-order valence-electron chi connectivity index (χ2n) is 3.73. The highest BCUT2D eigenvalue weighted by Crippen LogP contribution is 2.16. The Balaban J connectivity index is 2.85. The molecule has 0 aromatic heterocycles. The number of aliphatic carboxylic acids is 1. The molecule has 1 aromatic rings. The molecule has 1 aromatic carbocycles. The van der Waals surface area contributed by atoms with E-state index in [1.54, 1.807) is 12.1 Å². The molecule has 19 heavy (non-hydrogen) atoms. The van der Waals surface area contributed by atoms with Gasteiger partial charge in [0.1, 0.15) is 6.07 Å². The van der Waals surface area contributed by atoms with Crippen LogP contribution < -0.4 is 4.72 Å². The highest BCUT2D eigenvalue weighted by molar-refractivity contribution is 7.90. The summed E-state index contributed by atoms with van der Waals surface area (Å²) in [5.41, 5.74) is 0.352. The van der Waals surface area contributed by atoms with E-state index in [1.807, 2.05) is 6.07 Å². The van der Waals surface area contributed by atoms with Crippen LogP contribution >= 0.6 is 0 Å². The number of nitriles is 1. The van der Waals surface area contributed by atoms with E-state index in [9.17, 15) is 13.2 Å². The standard InChI is InChI=1S/C11H13N3O4S/c1-14(7-6-11(15)16)19(17,18)13-10-5-3-2-4-9(10)8-12/h2-5,13H,6-7H2,1H3,(H,15,16). The van der Waals surface area contributed by atoms with Crippen LogP contribution in [0, 0.1) is 11.3 Å². The molecule has 0 bridgehead atoms. The van der Waals surface area contributed by atoms with Crippen molar-refractivity contribution in [1.29, 1.82) is 5.26 Å². The van der Waals surface area contributed by atoms with Crippen LogP contribution in [0.3, 0.4) is 0 Å². The van der Waals surface area contributed by atoms with Gasteiger partial charge in [0.05, 0.1) is 17.7 Å². The highest BCUT2D eigenvalue weighted by Gasteiger charge is 2.19. The SMILES string of the molecule is CN(CCC(=O)O)S(=O)(=O)Nc1ccccc1C#N. The first-order chi connectivity index (χ1) is 8.86. The third-order valence-corrected chi connectivity index (χ3v) is 3.82. The number of benzene rings is 1. The summed E-state index contributed by atoms with van der Waals surface area (Å²) < 4.78 is 26.9. The third kappa shape index (κ3) is 4.24. The first-order valence-corrected chi connectivity index (χ1v) is 6.76. The number of carbonyl (C=O) groups is 1. The van der Waals surface area contributed by atoms with Crippen LogP contribution in [0.15, 0.2) is 24.3 Å². The number of para-hydroxylation sites is 1. The molecule has 0 saturated heterocycles. The van der Waals surface area contributed by atoms with Gasteiger partial charge in [-0.05, 0) is 12.1 Å². The van der Waals surface area contributed by atoms with Crippen molar-refractivity contribution < 1.29 is 18.3 Å². The van der Waals surface area contributed by atoms with E-state index in [4.69, 9.17) is 10.4 Å². The molecule has 0 radical (unpaired) electrons. The van der Waals surface area contributed by atoms with Gasteiger partial charge in [0.2, 0.25) is 0 Å². The van der Waals surface area contributed by atoms with Crippen molar-refractivity contribution >= 4 is 21.9 Å². The van der Waals surface area contributed by atoms with E-state index in [0.717, 1.165) is 4.31 Å². The van der Waals surface area contributed by atoms with Gasteiger partial charge in [0, 0.05) is 13.6 Å². The Morgan fingerprint density at radius 3 is 2.68 bits per heavy atom. The van der Waals surface area contributed by atoms with Crippen molar-refractivity contribution in [3.8, 4) is 6.07 Å². The number of hydrogen-bond donors (Lipinski definition) is 2. The van der Waals surface area contributed by atoms with Gasteiger partial charge in [0.15, 0.2) is 0 Å². The number of rotatable bonds is 6. The Bertz CT molecular complexity index is 607. The number of nitrogens with zero attached hydrogens (tertiary/aromatic N) is 2. The van der Waals surface area contributed by atoms with Crippen LogP contribution in [0.5, 0.6) is 0 Å². The predicted molar refractivity (Wildman–Crippen MR) is 68.6 cm³/mol. The smallest absolute Gasteiger partial charge is 0.304 e. The maximum atomic E-state index is 11.9. The minimum atomic E-state index is -3.87. The minimum absolute atomic E-state index is 0.153. The Labute approximate surface area is 111 Å². The minimum Gasteiger partial charge on any atom is -0.481 e. The van der Waals surface area contributed by atoms with Gasteiger partial charge in [-0.1, -0.05) is 12.1 Å². The van der Waals surface area contributed by atoms with Gasteiger partial charge >= 0.3 is 16.2 Å². The summed E-state index contributed by atoms with van der Waals surface area (Å²) in [6.07, 6.45) is -0.294. The second kappa shape index (κ2) is 6.17. The average Bonchev–Trinajstić information content (AvgIpc) is 2.36. The Kier molecular flexibility index (Phi) is 4.86. The molecule has 0 spiro atoms. The highest BCUT2D eigenvalue weighted by atomic mass is 32.2. The topological polar surface area (TPSA) is 110 Å². The van der Waals surface area contributed by atoms with Gasteiger partial charge in [-0.25, -0.2) is 0 Å². The van der Waals surface area contributed by atoms with Gasteiger partial charge in [0.25, 0.3) is 0 Å². The zero-order chi connectivity index (χ0) is 14.5. The van der Waals surface area contributed by atoms with E-state index in [-0.39, 0.29) is 24.2 Å². The van der Waals surface area contributed by atoms with Crippen LogP contribution in [0.1, 0.15) is 12.0 Å². The van der Waals surface area contributed by atoms with Crippen molar-refractivity contribution in [2.45, 2.75) is 6.42 Å². The number of carboxylic acid groups (broad SMARTS) is 1. The van der Waals surface area contributed by atoms with E-state index in [2.05, 4.69) is 4.72 Å². The summed E-state index contributed by atoms with van der Waals surface area (Å²) in [5, 5.41) is 17.4. The molecule has 0 atom stereocenters. The lowest BCUT2D eigenvalue weighted by atomic mass is 10.2. The van der Waals surface area contributed by atoms with E-state index < -0.39 is 16.2 Å². The van der Waals surface area contributed by atoms with Crippen LogP contribution in [-0.2, 0) is 15.0 Å². The molecular formula is C11H13N3O4S. The monoisotopic (exact) mass is 283 g/mol. The number of nitrogens with one attached hydrogen (secondary N) is 1. The quantitative estimate of drug-likeness (QED) is 0.795. The molecule has 1 rings (SSSR count). The lowest BCUT2D eigenvalue weighted by Crippen LogP contribution is -2.34. The zero-order valence-corrected chi connectivity index (χ0v) is 11.0. The largest absolute Gasteiger partial charge is 0.481 e. The molecule has 2 N–H and O–H groups in total. The predicted octanol–water partition coefficient (Wildman–Crippen LogP) is 0.621. The average molecular weight is 283 g/mol. The molecule has 0 saturated carbocycles. The summed E-state index contributed by atoms with van der Waals surface area (Å²) in [6, 6.07) is 8.02. The van der Waals surface area contributed by atoms with Gasteiger partial charge in [-0.3, -0.25) is 9.52 Å². The molecule has 0 amide bonds. The number of hydrogen-bond acceptors (Lipinski definition) is 4. The van der Waals surface area contributed by atoms with Crippen molar-refractivity contribution in [1.82, 2.24) is 4.31 Å². The lowest BCUT2D eigenvalue weighted by molar-refractivity contribution is -0.137. The maximum Gasteiger partial charge on any atom is 0.304 e. The molecule has 0 aliphatic heterocycles. The molecule has 0 aliphatic carbocycles. The second-order valence-corrected chi connectivity index (χ2v) is 5.51. The van der Waals surface area contributed by atoms with Crippen LogP contribution in [0.4, 0.5) is 5.69 Å². The third-order valence-electron chi connectivity index (χ3n) is 2.34. The van der Waals surface area contributed by atoms with E-state index in [0.29, 0.717) is 0 Å². The summed E-state index contributed by atoms with van der Waals surface area (Å²) in [7, 11) is -2.61. The van der Waals surface area contributed by atoms with Crippen molar-refractivity contribution in [3.05, 3.63) is 29.8 Å². The molecule has 0 aliphatic rings. The maximum absolute atomic E-state index is 11.9. The first-order valence-electron chi connectivity index (χ1n) is 5.32. The molecule has 102 valence electrons. The summed E-state index contributed by atoms with van der Waals surface area (Å²) in [6.45, 7) is -0.153. The molecule has 0 unspecified atom stereocenters. The number of carboxylic acids is 1. The van der Waals surface area contributed by atoms with E-state index >= 15 is 0 Å². The molecule has 8 heteroatoms. The Morgan fingerprint density at radius 2 is 2.11 bits per heavy atom. The molecule has 0 fully saturated rings. The Hall–Kier alpha value is -2.11.